The minimum atomic E-state index is -0.510. The molecule has 1 aromatic heterocycles. The highest BCUT2D eigenvalue weighted by molar-refractivity contribution is 5.96. The van der Waals surface area contributed by atoms with Crippen molar-refractivity contribution in [2.75, 3.05) is 26.2 Å². The Balaban J connectivity index is 1.31. The predicted molar refractivity (Wildman–Crippen MR) is 148 cm³/mol. The number of para-hydroxylation sites is 1. The SMILES string of the molecule is O=c1oc2ccccc2c(-c2ccc(OCCN3CCCCC3)cc2)c1Oc1ccc2ccccc2c1. The normalized spacial score (nSPS) is 14.2. The van der Waals surface area contributed by atoms with Crippen LogP contribution in [0.5, 0.6) is 17.2 Å². The Morgan fingerprint density at radius 3 is 2.32 bits per heavy atom. The van der Waals surface area contributed by atoms with Gasteiger partial charge in [-0.2, -0.15) is 0 Å². The van der Waals surface area contributed by atoms with E-state index in [1.807, 2.05) is 84.9 Å². The van der Waals surface area contributed by atoms with Crippen LogP contribution in [-0.4, -0.2) is 31.1 Å². The first-order valence-corrected chi connectivity index (χ1v) is 12.9. The van der Waals surface area contributed by atoms with E-state index in [1.165, 1.54) is 19.3 Å². The Bertz CT molecular complexity index is 1580. The lowest BCUT2D eigenvalue weighted by atomic mass is 10.0. The van der Waals surface area contributed by atoms with Gasteiger partial charge in [0.05, 0.1) is 0 Å². The van der Waals surface area contributed by atoms with E-state index in [1.54, 1.807) is 6.07 Å². The molecule has 0 atom stereocenters. The molecule has 0 aliphatic carbocycles. The average molecular weight is 492 g/mol. The van der Waals surface area contributed by atoms with Gasteiger partial charge in [-0.3, -0.25) is 4.90 Å². The molecule has 6 rings (SSSR count). The van der Waals surface area contributed by atoms with Crippen molar-refractivity contribution in [1.29, 1.82) is 0 Å². The third-order valence-corrected chi connectivity index (χ3v) is 6.98. The number of hydrogen-bond donors (Lipinski definition) is 0. The molecule has 1 fully saturated rings. The van der Waals surface area contributed by atoms with Crippen LogP contribution in [0.25, 0.3) is 32.9 Å². The molecule has 1 saturated heterocycles. The first kappa shape index (κ1) is 23.3. The molecule has 2 heterocycles. The lowest BCUT2D eigenvalue weighted by Crippen LogP contribution is -2.33. The van der Waals surface area contributed by atoms with Gasteiger partial charge in [0.25, 0.3) is 0 Å². The van der Waals surface area contributed by atoms with E-state index in [4.69, 9.17) is 13.9 Å². The monoisotopic (exact) mass is 491 g/mol. The Morgan fingerprint density at radius 2 is 1.49 bits per heavy atom. The van der Waals surface area contributed by atoms with Crippen molar-refractivity contribution in [3.8, 4) is 28.4 Å². The maximum atomic E-state index is 13.1. The Labute approximate surface area is 215 Å². The zero-order valence-electron chi connectivity index (χ0n) is 20.7. The Kier molecular flexibility index (Phi) is 6.61. The van der Waals surface area contributed by atoms with Crippen molar-refractivity contribution in [1.82, 2.24) is 4.90 Å². The second-order valence-corrected chi connectivity index (χ2v) is 9.48. The van der Waals surface area contributed by atoms with Crippen LogP contribution in [0.1, 0.15) is 19.3 Å². The van der Waals surface area contributed by atoms with Gasteiger partial charge in [0.15, 0.2) is 0 Å². The molecule has 37 heavy (non-hydrogen) atoms. The molecule has 5 heteroatoms. The minimum Gasteiger partial charge on any atom is -0.492 e. The summed E-state index contributed by atoms with van der Waals surface area (Å²) in [6.45, 7) is 3.92. The molecular weight excluding hydrogens is 462 g/mol. The van der Waals surface area contributed by atoms with E-state index in [-0.39, 0.29) is 5.75 Å². The number of ether oxygens (including phenoxy) is 2. The summed E-state index contributed by atoms with van der Waals surface area (Å²) in [5.74, 6) is 1.57. The summed E-state index contributed by atoms with van der Waals surface area (Å²) in [5, 5.41) is 2.96. The lowest BCUT2D eigenvalue weighted by molar-refractivity contribution is 0.183. The molecular formula is C32H29NO4. The Morgan fingerprint density at radius 1 is 0.757 bits per heavy atom. The van der Waals surface area contributed by atoms with Gasteiger partial charge >= 0.3 is 5.63 Å². The number of likely N-dealkylation sites (tertiary alicyclic amines) is 1. The molecule has 5 aromatic rings. The summed E-state index contributed by atoms with van der Waals surface area (Å²) in [6.07, 6.45) is 3.88. The van der Waals surface area contributed by atoms with Crippen LogP contribution in [-0.2, 0) is 0 Å². The summed E-state index contributed by atoms with van der Waals surface area (Å²) < 4.78 is 17.9. The quantitative estimate of drug-likeness (QED) is 0.224. The molecule has 0 unspecified atom stereocenters. The highest BCUT2D eigenvalue weighted by Crippen LogP contribution is 2.38. The number of hydrogen-bond acceptors (Lipinski definition) is 5. The van der Waals surface area contributed by atoms with Crippen LogP contribution in [0.2, 0.25) is 0 Å². The summed E-state index contributed by atoms with van der Waals surface area (Å²) in [5.41, 5.74) is 1.59. The van der Waals surface area contributed by atoms with Crippen LogP contribution in [0.4, 0.5) is 0 Å². The highest BCUT2D eigenvalue weighted by atomic mass is 16.5. The van der Waals surface area contributed by atoms with Crippen LogP contribution >= 0.6 is 0 Å². The first-order chi connectivity index (χ1) is 18.2. The molecule has 0 radical (unpaired) electrons. The fraction of sp³-hybridized carbons (Fsp3) is 0.219. The summed E-state index contributed by atoms with van der Waals surface area (Å²) >= 11 is 0. The van der Waals surface area contributed by atoms with Crippen molar-refractivity contribution >= 4 is 21.7 Å². The topological polar surface area (TPSA) is 51.9 Å². The van der Waals surface area contributed by atoms with Gasteiger partial charge < -0.3 is 13.9 Å². The van der Waals surface area contributed by atoms with E-state index in [0.717, 1.165) is 47.1 Å². The summed E-state index contributed by atoms with van der Waals surface area (Å²) in [7, 11) is 0. The van der Waals surface area contributed by atoms with Crippen LogP contribution in [0.3, 0.4) is 0 Å². The second-order valence-electron chi connectivity index (χ2n) is 9.48. The molecule has 0 spiro atoms. The van der Waals surface area contributed by atoms with Crippen molar-refractivity contribution in [3.63, 3.8) is 0 Å². The van der Waals surface area contributed by atoms with E-state index in [0.29, 0.717) is 23.5 Å². The minimum absolute atomic E-state index is 0.174. The van der Waals surface area contributed by atoms with Crippen molar-refractivity contribution in [2.45, 2.75) is 19.3 Å². The van der Waals surface area contributed by atoms with Crippen LogP contribution in [0, 0.1) is 0 Å². The number of rotatable bonds is 7. The number of piperidine rings is 1. The average Bonchev–Trinajstić information content (AvgIpc) is 2.94. The van der Waals surface area contributed by atoms with E-state index in [2.05, 4.69) is 4.90 Å². The van der Waals surface area contributed by atoms with E-state index in [9.17, 15) is 4.79 Å². The van der Waals surface area contributed by atoms with Gasteiger partial charge in [0.1, 0.15) is 23.7 Å². The molecule has 1 aliphatic rings. The highest BCUT2D eigenvalue weighted by Gasteiger charge is 2.19. The molecule has 1 aliphatic heterocycles. The van der Waals surface area contributed by atoms with Crippen molar-refractivity contribution in [3.05, 3.63) is 101 Å². The van der Waals surface area contributed by atoms with Gasteiger partial charge in [-0.05, 0) is 72.6 Å². The standard InChI is InChI=1S/C32H29NO4/c34-32-31(36-27-17-12-23-8-2-3-9-25(23)22-27)30(28-10-4-5-11-29(28)37-32)24-13-15-26(16-14-24)35-21-20-33-18-6-1-7-19-33/h2-5,8-17,22H,1,6-7,18-21H2. The van der Waals surface area contributed by atoms with Gasteiger partial charge in [-0.1, -0.05) is 67.1 Å². The summed E-state index contributed by atoms with van der Waals surface area (Å²) in [6, 6.07) is 29.3. The fourth-order valence-electron chi connectivity index (χ4n) is 5.05. The van der Waals surface area contributed by atoms with Crippen molar-refractivity contribution in [2.24, 2.45) is 0 Å². The van der Waals surface area contributed by atoms with Crippen molar-refractivity contribution < 1.29 is 13.9 Å². The predicted octanol–water partition coefficient (Wildman–Crippen LogP) is 7.27. The lowest BCUT2D eigenvalue weighted by Gasteiger charge is -2.26. The number of benzene rings is 4. The van der Waals surface area contributed by atoms with E-state index >= 15 is 0 Å². The van der Waals surface area contributed by atoms with Gasteiger partial charge in [0.2, 0.25) is 5.75 Å². The molecule has 186 valence electrons. The molecule has 0 N–H and O–H groups in total. The Hall–Kier alpha value is -4.09. The van der Waals surface area contributed by atoms with E-state index < -0.39 is 5.63 Å². The third-order valence-electron chi connectivity index (χ3n) is 6.98. The van der Waals surface area contributed by atoms with Crippen LogP contribution < -0.4 is 15.1 Å². The smallest absolute Gasteiger partial charge is 0.380 e. The molecule has 0 saturated carbocycles. The van der Waals surface area contributed by atoms with Gasteiger partial charge in [-0.15, -0.1) is 0 Å². The largest absolute Gasteiger partial charge is 0.492 e. The molecule has 0 bridgehead atoms. The third kappa shape index (κ3) is 5.09. The zero-order valence-corrected chi connectivity index (χ0v) is 20.7. The zero-order chi connectivity index (χ0) is 25.0. The number of fused-ring (bicyclic) bond motifs is 2. The molecule has 4 aromatic carbocycles. The molecule has 0 amide bonds. The van der Waals surface area contributed by atoms with Gasteiger partial charge in [-0.25, -0.2) is 4.79 Å². The number of nitrogens with zero attached hydrogens (tertiary/aromatic N) is 1. The first-order valence-electron chi connectivity index (χ1n) is 12.9. The maximum absolute atomic E-state index is 13.1. The van der Waals surface area contributed by atoms with Crippen LogP contribution in [0.15, 0.2) is 100 Å². The summed E-state index contributed by atoms with van der Waals surface area (Å²) in [4.78, 5) is 15.6. The fourth-order valence-corrected chi connectivity index (χ4v) is 5.05. The van der Waals surface area contributed by atoms with Gasteiger partial charge in [0, 0.05) is 17.5 Å². The second kappa shape index (κ2) is 10.5. The maximum Gasteiger partial charge on any atom is 0.380 e. The molecule has 5 nitrogen and oxygen atoms in total.